The quantitative estimate of drug-likeness (QED) is 0.783. The number of likely N-dealkylation sites (tertiary alicyclic amines) is 1. The van der Waals surface area contributed by atoms with E-state index in [-0.39, 0.29) is 10.8 Å². The van der Waals surface area contributed by atoms with E-state index in [1.807, 2.05) is 0 Å². The lowest BCUT2D eigenvalue weighted by molar-refractivity contribution is 0.0788. The minimum atomic E-state index is -3.73. The normalized spacial score (nSPS) is 20.1. The van der Waals surface area contributed by atoms with E-state index in [0.717, 1.165) is 19.5 Å². The highest BCUT2D eigenvalue weighted by atomic mass is 35.7. The third-order valence-electron chi connectivity index (χ3n) is 3.09. The van der Waals surface area contributed by atoms with Gasteiger partial charge < -0.3 is 4.90 Å². The standard InChI is InChI=1S/C12H14ClNO3S/c1-9-6-7-14(8-9)12(15)10-2-4-11(5-3-10)18(13,16)17/h2-5,9H,6-8H2,1H3. The molecule has 6 heteroatoms. The van der Waals surface area contributed by atoms with E-state index in [2.05, 4.69) is 6.92 Å². The molecule has 18 heavy (non-hydrogen) atoms. The monoisotopic (exact) mass is 287 g/mol. The zero-order chi connectivity index (χ0) is 13.3. The topological polar surface area (TPSA) is 54.5 Å². The van der Waals surface area contributed by atoms with Crippen molar-refractivity contribution in [3.8, 4) is 0 Å². The number of hydrogen-bond donors (Lipinski definition) is 0. The Labute approximate surface area is 111 Å². The molecule has 0 spiro atoms. The van der Waals surface area contributed by atoms with Crippen LogP contribution >= 0.6 is 10.7 Å². The lowest BCUT2D eigenvalue weighted by atomic mass is 10.2. The molecule has 1 unspecified atom stereocenters. The summed E-state index contributed by atoms with van der Waals surface area (Å²) in [6.07, 6.45) is 1.01. The zero-order valence-electron chi connectivity index (χ0n) is 9.97. The number of nitrogens with zero attached hydrogens (tertiary/aromatic N) is 1. The smallest absolute Gasteiger partial charge is 0.261 e. The number of hydrogen-bond acceptors (Lipinski definition) is 3. The van der Waals surface area contributed by atoms with Crippen LogP contribution in [0, 0.1) is 5.92 Å². The summed E-state index contributed by atoms with van der Waals surface area (Å²) in [6.45, 7) is 3.63. The van der Waals surface area contributed by atoms with Crippen LogP contribution in [-0.4, -0.2) is 32.3 Å². The SMILES string of the molecule is CC1CCN(C(=O)c2ccc(S(=O)(=O)Cl)cc2)C1. The van der Waals surface area contributed by atoms with Gasteiger partial charge in [0.15, 0.2) is 0 Å². The Hall–Kier alpha value is -1.07. The van der Waals surface area contributed by atoms with Crippen LogP contribution in [0.4, 0.5) is 0 Å². The van der Waals surface area contributed by atoms with Crippen LogP contribution in [0.15, 0.2) is 29.2 Å². The van der Waals surface area contributed by atoms with Crippen molar-refractivity contribution in [1.82, 2.24) is 4.90 Å². The van der Waals surface area contributed by atoms with Crippen LogP contribution in [0.2, 0.25) is 0 Å². The molecule has 1 aromatic carbocycles. The molecule has 98 valence electrons. The van der Waals surface area contributed by atoms with E-state index in [1.165, 1.54) is 24.3 Å². The zero-order valence-corrected chi connectivity index (χ0v) is 11.5. The van der Waals surface area contributed by atoms with E-state index in [1.54, 1.807) is 4.90 Å². The average molecular weight is 288 g/mol. The van der Waals surface area contributed by atoms with Crippen molar-refractivity contribution in [3.05, 3.63) is 29.8 Å². The van der Waals surface area contributed by atoms with Gasteiger partial charge in [-0.1, -0.05) is 6.92 Å². The second-order valence-electron chi connectivity index (χ2n) is 4.61. The van der Waals surface area contributed by atoms with Crippen molar-refractivity contribution in [2.45, 2.75) is 18.2 Å². The number of amides is 1. The molecule has 1 aliphatic rings. The summed E-state index contributed by atoms with van der Waals surface area (Å²) >= 11 is 0. The van der Waals surface area contributed by atoms with Crippen LogP contribution in [-0.2, 0) is 9.05 Å². The summed E-state index contributed by atoms with van der Waals surface area (Å²) in [5, 5.41) is 0. The predicted octanol–water partition coefficient (Wildman–Crippen LogP) is 2.10. The molecular formula is C12H14ClNO3S. The maximum Gasteiger partial charge on any atom is 0.261 e. The maximum absolute atomic E-state index is 12.1. The lowest BCUT2D eigenvalue weighted by Gasteiger charge is -2.15. The van der Waals surface area contributed by atoms with Gasteiger partial charge in [0, 0.05) is 29.3 Å². The van der Waals surface area contributed by atoms with Gasteiger partial charge in [0.25, 0.3) is 15.0 Å². The fourth-order valence-corrected chi connectivity index (χ4v) is 2.83. The van der Waals surface area contributed by atoms with E-state index in [4.69, 9.17) is 10.7 Å². The van der Waals surface area contributed by atoms with Gasteiger partial charge in [-0.25, -0.2) is 8.42 Å². The summed E-state index contributed by atoms with van der Waals surface area (Å²) in [7, 11) is 1.49. The van der Waals surface area contributed by atoms with Crippen LogP contribution < -0.4 is 0 Å². The molecule has 1 aromatic rings. The summed E-state index contributed by atoms with van der Waals surface area (Å²) < 4.78 is 22.2. The third kappa shape index (κ3) is 2.84. The lowest BCUT2D eigenvalue weighted by Crippen LogP contribution is -2.28. The van der Waals surface area contributed by atoms with Gasteiger partial charge in [0.05, 0.1) is 4.90 Å². The molecule has 0 saturated carbocycles. The molecule has 1 aliphatic heterocycles. The van der Waals surface area contributed by atoms with Gasteiger partial charge in [0.2, 0.25) is 0 Å². The number of benzene rings is 1. The highest BCUT2D eigenvalue weighted by Gasteiger charge is 2.24. The van der Waals surface area contributed by atoms with Crippen LogP contribution in [0.1, 0.15) is 23.7 Å². The largest absolute Gasteiger partial charge is 0.338 e. The molecule has 0 bridgehead atoms. The Balaban J connectivity index is 2.17. The maximum atomic E-state index is 12.1. The molecule has 1 heterocycles. The summed E-state index contributed by atoms with van der Waals surface area (Å²) in [5.41, 5.74) is 0.494. The highest BCUT2D eigenvalue weighted by Crippen LogP contribution is 2.20. The minimum absolute atomic E-state index is 0.00973. The van der Waals surface area contributed by atoms with Crippen molar-refractivity contribution >= 4 is 25.6 Å². The Morgan fingerprint density at radius 2 is 1.94 bits per heavy atom. The fourth-order valence-electron chi connectivity index (χ4n) is 2.06. The summed E-state index contributed by atoms with van der Waals surface area (Å²) in [6, 6.07) is 5.71. The molecular weight excluding hydrogens is 274 g/mol. The van der Waals surface area contributed by atoms with Gasteiger partial charge >= 0.3 is 0 Å². The third-order valence-corrected chi connectivity index (χ3v) is 4.46. The molecule has 0 N–H and O–H groups in total. The summed E-state index contributed by atoms with van der Waals surface area (Å²) in [5.74, 6) is 0.467. The molecule has 1 saturated heterocycles. The van der Waals surface area contributed by atoms with Crippen molar-refractivity contribution < 1.29 is 13.2 Å². The molecule has 1 amide bonds. The first-order valence-electron chi connectivity index (χ1n) is 5.72. The van der Waals surface area contributed by atoms with Crippen LogP contribution in [0.3, 0.4) is 0 Å². The first-order chi connectivity index (χ1) is 8.38. The van der Waals surface area contributed by atoms with E-state index in [0.29, 0.717) is 11.5 Å². The number of halogens is 1. The molecule has 4 nitrogen and oxygen atoms in total. The minimum Gasteiger partial charge on any atom is -0.338 e. The van der Waals surface area contributed by atoms with Crippen molar-refractivity contribution in [2.75, 3.05) is 13.1 Å². The van der Waals surface area contributed by atoms with Crippen molar-refractivity contribution in [2.24, 2.45) is 5.92 Å². The van der Waals surface area contributed by atoms with E-state index >= 15 is 0 Å². The Morgan fingerprint density at radius 1 is 1.33 bits per heavy atom. The van der Waals surface area contributed by atoms with Gasteiger partial charge in [-0.15, -0.1) is 0 Å². The highest BCUT2D eigenvalue weighted by molar-refractivity contribution is 8.13. The summed E-state index contributed by atoms with van der Waals surface area (Å²) in [4.78, 5) is 13.9. The Morgan fingerprint density at radius 3 is 2.39 bits per heavy atom. The molecule has 0 aromatic heterocycles. The van der Waals surface area contributed by atoms with Crippen LogP contribution in [0.25, 0.3) is 0 Å². The van der Waals surface area contributed by atoms with E-state index < -0.39 is 9.05 Å². The van der Waals surface area contributed by atoms with Crippen molar-refractivity contribution in [3.63, 3.8) is 0 Å². The fraction of sp³-hybridized carbons (Fsp3) is 0.417. The number of rotatable bonds is 2. The molecule has 0 radical (unpaired) electrons. The van der Waals surface area contributed by atoms with Crippen LogP contribution in [0.5, 0.6) is 0 Å². The molecule has 1 fully saturated rings. The number of carbonyl (C=O) groups excluding carboxylic acids is 1. The van der Waals surface area contributed by atoms with Gasteiger partial charge in [0.1, 0.15) is 0 Å². The number of carbonyl (C=O) groups is 1. The van der Waals surface area contributed by atoms with Gasteiger partial charge in [-0.3, -0.25) is 4.79 Å². The average Bonchev–Trinajstić information content (AvgIpc) is 2.74. The van der Waals surface area contributed by atoms with E-state index in [9.17, 15) is 13.2 Å². The molecule has 2 rings (SSSR count). The first-order valence-corrected chi connectivity index (χ1v) is 8.03. The first kappa shape index (κ1) is 13.4. The Bertz CT molecular complexity index is 553. The molecule has 1 atom stereocenters. The molecule has 0 aliphatic carbocycles. The second kappa shape index (κ2) is 4.90. The van der Waals surface area contributed by atoms with Crippen molar-refractivity contribution in [1.29, 1.82) is 0 Å². The van der Waals surface area contributed by atoms with Gasteiger partial charge in [-0.2, -0.15) is 0 Å². The predicted molar refractivity (Wildman–Crippen MR) is 69.2 cm³/mol. The second-order valence-corrected chi connectivity index (χ2v) is 7.17. The Kier molecular flexibility index (Phi) is 3.64. The van der Waals surface area contributed by atoms with Gasteiger partial charge in [-0.05, 0) is 36.6 Å².